The van der Waals surface area contributed by atoms with Gasteiger partial charge in [0.1, 0.15) is 17.3 Å². The molecule has 0 amide bonds. The van der Waals surface area contributed by atoms with Crippen LogP contribution >= 0.6 is 0 Å². The van der Waals surface area contributed by atoms with E-state index in [1.807, 2.05) is 0 Å². The molecular weight excluding hydrogens is 418 g/mol. The van der Waals surface area contributed by atoms with Crippen molar-refractivity contribution >= 4 is 11.9 Å². The number of aliphatic carboxylic acids is 1. The Kier molecular flexibility index (Phi) is 7.78. The molecule has 2 aliphatic rings. The van der Waals surface area contributed by atoms with Gasteiger partial charge in [0.25, 0.3) is 0 Å². The second-order valence-corrected chi connectivity index (χ2v) is 9.54. The van der Waals surface area contributed by atoms with Crippen molar-refractivity contribution in [3.63, 3.8) is 0 Å². The number of halogens is 2. The zero-order chi connectivity index (χ0) is 23.4. The molecule has 178 valence electrons. The molecule has 0 bridgehead atoms. The number of carboxylic acids is 1. The summed E-state index contributed by atoms with van der Waals surface area (Å²) in [5.74, 6) is -7.50. The van der Waals surface area contributed by atoms with Crippen LogP contribution in [0.15, 0.2) is 24.3 Å². The van der Waals surface area contributed by atoms with Crippen LogP contribution in [0.25, 0.3) is 0 Å². The Balaban J connectivity index is 1.72. The molecule has 0 aromatic heterocycles. The number of ether oxygens (including phenoxy) is 2. The lowest BCUT2D eigenvalue weighted by Gasteiger charge is -2.41. The van der Waals surface area contributed by atoms with Gasteiger partial charge in [0.15, 0.2) is 6.10 Å². The van der Waals surface area contributed by atoms with E-state index in [1.54, 1.807) is 12.1 Å². The van der Waals surface area contributed by atoms with E-state index in [9.17, 15) is 23.5 Å². The average Bonchev–Trinajstić information content (AvgIpc) is 2.78. The van der Waals surface area contributed by atoms with Gasteiger partial charge in [-0.25, -0.2) is 4.79 Å². The number of carbonyl (C=O) groups is 2. The monoisotopic (exact) mass is 451 g/mol. The highest BCUT2D eigenvalue weighted by molar-refractivity contribution is 5.90. The highest BCUT2D eigenvalue weighted by Crippen LogP contribution is 2.39. The second-order valence-electron chi connectivity index (χ2n) is 9.54. The molecule has 0 saturated heterocycles. The summed E-state index contributed by atoms with van der Waals surface area (Å²) in [6.07, 6.45) is 6.39. The quantitative estimate of drug-likeness (QED) is 0.525. The highest BCUT2D eigenvalue weighted by Gasteiger charge is 2.48. The van der Waals surface area contributed by atoms with Crippen molar-refractivity contribution in [3.8, 4) is 5.75 Å². The van der Waals surface area contributed by atoms with Crippen molar-refractivity contribution in [1.29, 1.82) is 0 Å². The lowest BCUT2D eigenvalue weighted by molar-refractivity contribution is -0.337. The lowest BCUT2D eigenvalue weighted by Crippen LogP contribution is -2.54. The molecule has 2 fully saturated rings. The number of benzene rings is 1. The molecule has 2 saturated carbocycles. The number of esters is 1. The first-order valence-corrected chi connectivity index (χ1v) is 11.7. The van der Waals surface area contributed by atoms with Gasteiger partial charge in [-0.2, -0.15) is 8.78 Å². The molecule has 7 heteroatoms. The smallest absolute Gasteiger partial charge is 0.338 e. The maximum atomic E-state index is 14.4. The van der Waals surface area contributed by atoms with Gasteiger partial charge in [0, 0.05) is 5.92 Å². The highest BCUT2D eigenvalue weighted by atomic mass is 19.3. The molecule has 0 N–H and O–H groups in total. The summed E-state index contributed by atoms with van der Waals surface area (Å²) in [7, 11) is 0. The molecule has 0 heterocycles. The van der Waals surface area contributed by atoms with E-state index in [1.165, 1.54) is 18.6 Å². The van der Waals surface area contributed by atoms with Crippen LogP contribution in [-0.4, -0.2) is 29.6 Å². The topological polar surface area (TPSA) is 75.7 Å². The molecule has 1 aromatic carbocycles. The van der Waals surface area contributed by atoms with Crippen molar-refractivity contribution in [2.75, 3.05) is 0 Å². The number of hydrogen-bond donors (Lipinski definition) is 0. The third kappa shape index (κ3) is 5.41. The third-order valence-electron chi connectivity index (χ3n) is 7.10. The van der Waals surface area contributed by atoms with E-state index in [0.717, 1.165) is 32.1 Å². The van der Waals surface area contributed by atoms with Gasteiger partial charge in [-0.15, -0.1) is 0 Å². The zero-order valence-corrected chi connectivity index (χ0v) is 18.9. The van der Waals surface area contributed by atoms with Gasteiger partial charge < -0.3 is 19.4 Å². The van der Waals surface area contributed by atoms with Gasteiger partial charge in [-0.1, -0.05) is 39.5 Å². The fraction of sp³-hybridized carbons (Fsp3) is 0.680. The van der Waals surface area contributed by atoms with Crippen LogP contribution in [0, 0.1) is 11.8 Å². The third-order valence-corrected chi connectivity index (χ3v) is 7.10. The van der Waals surface area contributed by atoms with Gasteiger partial charge in [0.2, 0.25) is 0 Å². The van der Waals surface area contributed by atoms with E-state index in [0.29, 0.717) is 37.4 Å². The maximum absolute atomic E-state index is 14.4. The molecule has 5 nitrogen and oxygen atoms in total. The van der Waals surface area contributed by atoms with Crippen molar-refractivity contribution in [2.45, 2.75) is 95.7 Å². The fourth-order valence-corrected chi connectivity index (χ4v) is 5.04. The Morgan fingerprint density at radius 3 is 2.09 bits per heavy atom. The first-order chi connectivity index (χ1) is 15.2. The summed E-state index contributed by atoms with van der Waals surface area (Å²) in [5, 5.41) is 11.1. The minimum Gasteiger partial charge on any atom is -0.544 e. The molecule has 3 rings (SSSR count). The van der Waals surface area contributed by atoms with E-state index >= 15 is 0 Å². The summed E-state index contributed by atoms with van der Waals surface area (Å²) in [4.78, 5) is 23.7. The Bertz CT molecular complexity index is 778. The number of alkyl halides is 2. The van der Waals surface area contributed by atoms with Crippen LogP contribution < -0.4 is 9.84 Å². The van der Waals surface area contributed by atoms with Gasteiger partial charge >= 0.3 is 11.9 Å². The van der Waals surface area contributed by atoms with E-state index in [4.69, 9.17) is 9.47 Å². The first kappa shape index (κ1) is 24.5. The lowest BCUT2D eigenvalue weighted by atomic mass is 9.77. The van der Waals surface area contributed by atoms with Crippen LogP contribution in [0.1, 0.15) is 88.4 Å². The van der Waals surface area contributed by atoms with Gasteiger partial charge in [-0.05, 0) is 68.7 Å². The first-order valence-electron chi connectivity index (χ1n) is 11.7. The largest absolute Gasteiger partial charge is 0.544 e. The maximum Gasteiger partial charge on any atom is 0.338 e. The van der Waals surface area contributed by atoms with Crippen LogP contribution in [0.2, 0.25) is 0 Å². The Labute approximate surface area is 188 Å². The molecule has 0 radical (unpaired) electrons. The summed E-state index contributed by atoms with van der Waals surface area (Å²) >= 11 is 0. The van der Waals surface area contributed by atoms with Gasteiger partial charge in [-0.3, -0.25) is 0 Å². The number of carbonyl (C=O) groups excluding carboxylic acids is 2. The molecule has 2 aliphatic carbocycles. The Morgan fingerprint density at radius 2 is 1.56 bits per heavy atom. The SMILES string of the molecule is CC(C)C1(Oc2ccc(C(=O)OC(C3CCCCC3)C(F)(F)C(=O)[O-])cc2)CCCCC1. The Morgan fingerprint density at radius 1 is 1.00 bits per heavy atom. The number of hydrogen-bond acceptors (Lipinski definition) is 5. The normalized spacial score (nSPS) is 20.5. The average molecular weight is 452 g/mol. The van der Waals surface area contributed by atoms with Crippen LogP contribution in [0.3, 0.4) is 0 Å². The van der Waals surface area contributed by atoms with Crippen LogP contribution in [0.4, 0.5) is 8.78 Å². The Hall–Kier alpha value is -2.18. The van der Waals surface area contributed by atoms with Crippen LogP contribution in [0.5, 0.6) is 5.75 Å². The fourth-order valence-electron chi connectivity index (χ4n) is 5.04. The minimum atomic E-state index is -4.24. The summed E-state index contributed by atoms with van der Waals surface area (Å²) < 4.78 is 40.2. The van der Waals surface area contributed by atoms with Crippen LogP contribution in [-0.2, 0) is 9.53 Å². The molecular formula is C25H33F2O5-. The zero-order valence-electron chi connectivity index (χ0n) is 18.9. The van der Waals surface area contributed by atoms with E-state index in [-0.39, 0.29) is 11.2 Å². The summed E-state index contributed by atoms with van der Waals surface area (Å²) in [5.41, 5.74) is -0.169. The minimum absolute atomic E-state index is 0.0783. The van der Waals surface area contributed by atoms with E-state index < -0.39 is 29.9 Å². The van der Waals surface area contributed by atoms with Crippen molar-refractivity contribution in [2.24, 2.45) is 11.8 Å². The standard InChI is InChI=1S/C25H34F2O5/c1-17(2)24(15-7-4-8-16-24)32-20-13-11-19(12-14-20)22(28)31-21(25(26,27)23(29)30)18-9-5-3-6-10-18/h11-14,17-18,21H,3-10,15-16H2,1-2H3,(H,29,30)/p-1. The molecule has 1 unspecified atom stereocenters. The van der Waals surface area contributed by atoms with Crippen molar-refractivity contribution < 1.29 is 33.0 Å². The summed E-state index contributed by atoms with van der Waals surface area (Å²) in [6, 6.07) is 6.23. The number of carboxylic acid groups (broad SMARTS) is 1. The predicted octanol–water partition coefficient (Wildman–Crippen LogP) is 4.92. The molecule has 1 atom stereocenters. The molecule has 32 heavy (non-hydrogen) atoms. The predicted molar refractivity (Wildman–Crippen MR) is 113 cm³/mol. The molecule has 0 spiro atoms. The number of rotatable bonds is 8. The van der Waals surface area contributed by atoms with Crippen molar-refractivity contribution in [3.05, 3.63) is 29.8 Å². The molecule has 0 aliphatic heterocycles. The summed E-state index contributed by atoms with van der Waals surface area (Å²) in [6.45, 7) is 4.28. The van der Waals surface area contributed by atoms with E-state index in [2.05, 4.69) is 13.8 Å². The van der Waals surface area contributed by atoms with Crippen molar-refractivity contribution in [1.82, 2.24) is 0 Å². The second kappa shape index (κ2) is 10.2. The molecule has 1 aromatic rings. The van der Waals surface area contributed by atoms with Gasteiger partial charge in [0.05, 0.1) is 5.56 Å².